The lowest BCUT2D eigenvalue weighted by molar-refractivity contribution is 1.16. The first kappa shape index (κ1) is 10.7. The monoisotopic (exact) mass is 231 g/mol. The summed E-state index contributed by atoms with van der Waals surface area (Å²) in [6.07, 6.45) is 1.38. The number of nitrogen functional groups attached to an aromatic ring is 1. The first-order valence-electron chi connectivity index (χ1n) is 3.51. The van der Waals surface area contributed by atoms with E-state index in [1.54, 1.807) is 0 Å². The summed E-state index contributed by atoms with van der Waals surface area (Å²) in [7, 11) is 0. The average molecular weight is 232 g/mol. The topological polar surface area (TPSA) is 87.7 Å². The van der Waals surface area contributed by atoms with Gasteiger partial charge in [0.05, 0.1) is 0 Å². The van der Waals surface area contributed by atoms with Crippen molar-refractivity contribution in [2.75, 3.05) is 11.1 Å². The van der Waals surface area contributed by atoms with E-state index in [4.69, 9.17) is 34.3 Å². The highest BCUT2D eigenvalue weighted by Gasteiger charge is 2.13. The molecule has 0 aliphatic carbocycles. The highest BCUT2D eigenvalue weighted by Crippen LogP contribution is 2.23. The van der Waals surface area contributed by atoms with Crippen molar-refractivity contribution >= 4 is 39.9 Å². The Hall–Kier alpha value is -1.33. The zero-order valence-corrected chi connectivity index (χ0v) is 8.52. The number of halogens is 2. The van der Waals surface area contributed by atoms with E-state index in [0.717, 1.165) is 0 Å². The Morgan fingerprint density at radius 3 is 2.71 bits per heavy atom. The van der Waals surface area contributed by atoms with Gasteiger partial charge >= 0.3 is 0 Å². The molecule has 0 aliphatic rings. The van der Waals surface area contributed by atoms with Crippen molar-refractivity contribution < 1.29 is 0 Å². The highest BCUT2D eigenvalue weighted by atomic mass is 35.5. The quantitative estimate of drug-likeness (QED) is 0.548. The largest absolute Gasteiger partial charge is 0.382 e. The van der Waals surface area contributed by atoms with Crippen LogP contribution in [0, 0.1) is 5.41 Å². The van der Waals surface area contributed by atoms with Gasteiger partial charge in [-0.2, -0.15) is 4.98 Å². The van der Waals surface area contributed by atoms with Gasteiger partial charge in [0, 0.05) is 0 Å². The zero-order valence-electron chi connectivity index (χ0n) is 7.01. The fourth-order valence-corrected chi connectivity index (χ4v) is 1.17. The Morgan fingerprint density at radius 2 is 2.21 bits per heavy atom. The van der Waals surface area contributed by atoms with Crippen molar-refractivity contribution in [3.63, 3.8) is 0 Å². The van der Waals surface area contributed by atoms with E-state index in [1.165, 1.54) is 6.20 Å². The minimum atomic E-state index is -0.273. The molecule has 5 nitrogen and oxygen atoms in total. The second kappa shape index (κ2) is 4.26. The number of nitrogens with one attached hydrogen (secondary N) is 2. The van der Waals surface area contributed by atoms with Crippen LogP contribution in [0.3, 0.4) is 0 Å². The lowest BCUT2D eigenvalue weighted by Crippen LogP contribution is -2.07. The van der Waals surface area contributed by atoms with Gasteiger partial charge < -0.3 is 11.1 Å². The van der Waals surface area contributed by atoms with Gasteiger partial charge in [-0.3, -0.25) is 5.41 Å². The molecule has 1 aromatic rings. The Kier molecular flexibility index (Phi) is 3.27. The minimum absolute atomic E-state index is 0.0579. The van der Waals surface area contributed by atoms with E-state index in [2.05, 4.69) is 21.9 Å². The summed E-state index contributed by atoms with van der Waals surface area (Å²) in [5.74, 6) is 0.116. The third kappa shape index (κ3) is 2.12. The van der Waals surface area contributed by atoms with E-state index in [1.807, 2.05) is 0 Å². The SMILES string of the molecule is C=CNc1c(N)nc(Cl)nc1C(=N)Cl. The summed E-state index contributed by atoms with van der Waals surface area (Å²) in [5.41, 5.74) is 6.01. The molecule has 1 aromatic heterocycles. The molecule has 0 saturated heterocycles. The van der Waals surface area contributed by atoms with Crippen LogP contribution in [0.15, 0.2) is 12.8 Å². The van der Waals surface area contributed by atoms with E-state index in [9.17, 15) is 0 Å². The molecule has 0 bridgehead atoms. The standard InChI is InChI=1S/C7H7Cl2N5/c1-2-12-4-3(5(8)10)13-7(9)14-6(4)11/h2,10,12H,1H2,(H2,11,13,14). The molecule has 0 radical (unpaired) electrons. The first-order chi connectivity index (χ1) is 6.56. The molecule has 1 rings (SSSR count). The maximum Gasteiger partial charge on any atom is 0.225 e. The van der Waals surface area contributed by atoms with E-state index in [0.29, 0.717) is 5.69 Å². The predicted molar refractivity (Wildman–Crippen MR) is 58.0 cm³/mol. The molecule has 0 unspecified atom stereocenters. The van der Waals surface area contributed by atoms with Gasteiger partial charge in [-0.15, -0.1) is 0 Å². The second-order valence-corrected chi connectivity index (χ2v) is 2.98. The third-order valence-corrected chi connectivity index (χ3v) is 1.71. The predicted octanol–water partition coefficient (Wildman–Crippen LogP) is 1.83. The van der Waals surface area contributed by atoms with Crippen LogP contribution in [0.2, 0.25) is 5.28 Å². The van der Waals surface area contributed by atoms with Gasteiger partial charge in [-0.25, -0.2) is 4.98 Å². The molecule has 0 amide bonds. The molecule has 0 fully saturated rings. The van der Waals surface area contributed by atoms with Gasteiger partial charge in [-0.05, 0) is 17.8 Å². The van der Waals surface area contributed by atoms with Crippen molar-refractivity contribution in [2.24, 2.45) is 0 Å². The summed E-state index contributed by atoms with van der Waals surface area (Å²) in [4.78, 5) is 7.46. The van der Waals surface area contributed by atoms with E-state index in [-0.39, 0.29) is 22.0 Å². The molecule has 0 spiro atoms. The summed E-state index contributed by atoms with van der Waals surface area (Å²) in [6, 6.07) is 0. The van der Waals surface area contributed by atoms with Crippen molar-refractivity contribution in [2.45, 2.75) is 0 Å². The zero-order chi connectivity index (χ0) is 10.7. The summed E-state index contributed by atoms with van der Waals surface area (Å²) >= 11 is 11.0. The fraction of sp³-hybridized carbons (Fsp3) is 0. The van der Waals surface area contributed by atoms with Crippen LogP contribution in [0.25, 0.3) is 0 Å². The fourth-order valence-electron chi connectivity index (χ4n) is 0.853. The van der Waals surface area contributed by atoms with Crippen molar-refractivity contribution in [1.29, 1.82) is 5.41 Å². The summed E-state index contributed by atoms with van der Waals surface area (Å²) < 4.78 is 0. The second-order valence-electron chi connectivity index (χ2n) is 2.26. The molecule has 0 atom stereocenters. The number of nitrogens with two attached hydrogens (primary N) is 1. The Labute approximate surface area is 90.5 Å². The lowest BCUT2D eigenvalue weighted by Gasteiger charge is -2.08. The van der Waals surface area contributed by atoms with Crippen LogP contribution in [0.5, 0.6) is 0 Å². The molecule has 0 aliphatic heterocycles. The van der Waals surface area contributed by atoms with Crippen LogP contribution in [-0.4, -0.2) is 15.1 Å². The van der Waals surface area contributed by atoms with Gasteiger partial charge in [0.1, 0.15) is 16.6 Å². The highest BCUT2D eigenvalue weighted by molar-refractivity contribution is 6.69. The van der Waals surface area contributed by atoms with Gasteiger partial charge in [-0.1, -0.05) is 18.2 Å². The number of anilines is 2. The Balaban J connectivity index is 3.35. The molecule has 0 saturated carbocycles. The maximum absolute atomic E-state index is 7.23. The van der Waals surface area contributed by atoms with Gasteiger partial charge in [0.15, 0.2) is 5.82 Å². The van der Waals surface area contributed by atoms with Gasteiger partial charge in [0.2, 0.25) is 5.28 Å². The third-order valence-electron chi connectivity index (χ3n) is 1.36. The normalized spacial score (nSPS) is 9.57. The number of hydrogen-bond donors (Lipinski definition) is 3. The summed E-state index contributed by atoms with van der Waals surface area (Å²) in [6.45, 7) is 3.45. The van der Waals surface area contributed by atoms with E-state index < -0.39 is 0 Å². The maximum atomic E-state index is 7.23. The molecule has 74 valence electrons. The molecule has 14 heavy (non-hydrogen) atoms. The van der Waals surface area contributed by atoms with Crippen LogP contribution < -0.4 is 11.1 Å². The van der Waals surface area contributed by atoms with Crippen molar-refractivity contribution in [3.05, 3.63) is 23.8 Å². The average Bonchev–Trinajstić information content (AvgIpc) is 2.09. The first-order valence-corrected chi connectivity index (χ1v) is 4.26. The van der Waals surface area contributed by atoms with Crippen molar-refractivity contribution in [3.8, 4) is 0 Å². The van der Waals surface area contributed by atoms with Crippen LogP contribution in [0.1, 0.15) is 5.69 Å². The van der Waals surface area contributed by atoms with E-state index >= 15 is 0 Å². The Morgan fingerprint density at radius 1 is 1.57 bits per heavy atom. The number of aromatic nitrogens is 2. The van der Waals surface area contributed by atoms with Crippen LogP contribution >= 0.6 is 23.2 Å². The van der Waals surface area contributed by atoms with Gasteiger partial charge in [0.25, 0.3) is 0 Å². The number of hydrogen-bond acceptors (Lipinski definition) is 5. The summed E-state index contributed by atoms with van der Waals surface area (Å²) in [5, 5.41) is 9.59. The van der Waals surface area contributed by atoms with Crippen LogP contribution in [-0.2, 0) is 0 Å². The molecule has 0 aromatic carbocycles. The molecule has 4 N–H and O–H groups in total. The smallest absolute Gasteiger partial charge is 0.225 e. The van der Waals surface area contributed by atoms with Crippen molar-refractivity contribution in [1.82, 2.24) is 9.97 Å². The molecule has 7 heteroatoms. The van der Waals surface area contributed by atoms with Crippen LogP contribution in [0.4, 0.5) is 11.5 Å². The molecular formula is C7H7Cl2N5. The number of rotatable bonds is 3. The number of nitrogens with zero attached hydrogens (tertiary/aromatic N) is 2. The molecule has 1 heterocycles. The molecular weight excluding hydrogens is 225 g/mol. The lowest BCUT2D eigenvalue weighted by atomic mass is 10.3. The Bertz CT molecular complexity index is 390. The minimum Gasteiger partial charge on any atom is -0.382 e.